The molecule has 0 saturated carbocycles. The minimum atomic E-state index is -0.948. The van der Waals surface area contributed by atoms with Crippen LogP contribution in [0.5, 0.6) is 0 Å². The predicted molar refractivity (Wildman–Crippen MR) is 433 cm³/mol. The van der Waals surface area contributed by atoms with Crippen molar-refractivity contribution in [2.75, 3.05) is 261 Å². The first-order valence-electron chi connectivity index (χ1n) is 39.5. The minimum Gasteiger partial charge on any atom is -0.481 e. The summed E-state index contributed by atoms with van der Waals surface area (Å²) in [6, 6.07) is 0. The Balaban J connectivity index is 0. The molecule has 0 spiro atoms. The number of rotatable bonds is 29. The van der Waals surface area contributed by atoms with Gasteiger partial charge in [0, 0.05) is 177 Å². The van der Waals surface area contributed by atoms with Crippen molar-refractivity contribution in [3.63, 3.8) is 0 Å². The van der Waals surface area contributed by atoms with E-state index in [9.17, 15) is 57.8 Å². The molecule has 3 rings (SSSR count). The van der Waals surface area contributed by atoms with Crippen LogP contribution in [0.4, 0.5) is 0 Å². The molecule has 3 saturated heterocycles. The quantitative estimate of drug-likeness (QED) is 0.0311. The summed E-state index contributed by atoms with van der Waals surface area (Å²) in [5.74, 6) is -2.55. The van der Waals surface area contributed by atoms with Crippen molar-refractivity contribution < 1.29 is 106 Å². The Morgan fingerprint density at radius 2 is 0.513 bits per heavy atom. The fourth-order valence-electron chi connectivity index (χ4n) is 11.0. The summed E-state index contributed by atoms with van der Waals surface area (Å²) in [5, 5.41) is 31.4. The number of hydrogen-bond donors (Lipinski definition) is 5. The first-order chi connectivity index (χ1) is 53.0. The number of aliphatic carboxylic acids is 2. The second-order valence-corrected chi connectivity index (χ2v) is 31.2. The van der Waals surface area contributed by atoms with Gasteiger partial charge in [-0.15, -0.1) is 0 Å². The van der Waals surface area contributed by atoms with E-state index in [1.54, 1.807) is 45.4 Å². The van der Waals surface area contributed by atoms with E-state index in [4.69, 9.17) is 48.4 Å². The van der Waals surface area contributed by atoms with Gasteiger partial charge in [0.05, 0.1) is 98.1 Å². The first kappa shape index (κ1) is 109. The van der Waals surface area contributed by atoms with Gasteiger partial charge in [-0.25, -0.2) is 0 Å². The molecule has 113 heavy (non-hydrogen) atoms. The summed E-state index contributed by atoms with van der Waals surface area (Å²) >= 11 is 2.94. The van der Waals surface area contributed by atoms with Crippen LogP contribution in [-0.4, -0.2) is 414 Å². The Morgan fingerprint density at radius 3 is 0.735 bits per heavy atom. The third kappa shape index (κ3) is 67.5. The molecule has 0 unspecified atom stereocenters. The molecule has 0 atom stereocenters. The Morgan fingerprint density at radius 1 is 0.319 bits per heavy atom. The maximum atomic E-state index is 12.7. The summed E-state index contributed by atoms with van der Waals surface area (Å²) in [6.07, 6.45) is 0.625. The smallest absolute Gasteiger partial charge is 0.320 e. The molecule has 3 aliphatic heterocycles. The third-order valence-corrected chi connectivity index (χ3v) is 16.4. The van der Waals surface area contributed by atoms with E-state index >= 15 is 0 Å². The summed E-state index contributed by atoms with van der Waals surface area (Å²) < 4.78 is 46.9. The van der Waals surface area contributed by atoms with Crippen LogP contribution in [-0.2, 0) is 95.4 Å². The second kappa shape index (κ2) is 62.9. The lowest BCUT2D eigenvalue weighted by Crippen LogP contribution is -2.49. The van der Waals surface area contributed by atoms with Gasteiger partial charge in [-0.2, -0.15) is 0 Å². The summed E-state index contributed by atoms with van der Waals surface area (Å²) in [5.41, 5.74) is -2.05. The Labute approximate surface area is 681 Å². The number of carboxylic acids is 2. The zero-order chi connectivity index (χ0) is 86.0. The number of carboxylic acid groups (broad SMARTS) is 2. The maximum Gasteiger partial charge on any atom is 0.320 e. The van der Waals surface area contributed by atoms with Crippen molar-refractivity contribution >= 4 is 87.5 Å². The van der Waals surface area contributed by atoms with Gasteiger partial charge in [0.25, 0.3) is 0 Å². The second-order valence-electron chi connectivity index (χ2n) is 30.7. The zero-order valence-electron chi connectivity index (χ0n) is 71.5. The number of carbonyl (C=O) groups excluding carboxylic acids is 9. The van der Waals surface area contributed by atoms with Crippen LogP contribution in [0.15, 0.2) is 6.58 Å². The molecule has 3 aliphatic rings. The molecule has 0 amide bonds. The summed E-state index contributed by atoms with van der Waals surface area (Å²) in [6.45, 7) is 52.7. The number of alkyl halides is 1. The topological polar surface area (TPSA) is 392 Å². The molecule has 0 radical (unpaired) electrons. The van der Waals surface area contributed by atoms with Crippen molar-refractivity contribution in [2.45, 2.75) is 159 Å². The van der Waals surface area contributed by atoms with Gasteiger partial charge in [0.2, 0.25) is 0 Å². The molecule has 0 aliphatic carbocycles. The fourth-order valence-corrected chi connectivity index (χ4v) is 11.1. The van der Waals surface area contributed by atoms with Crippen LogP contribution in [0.2, 0.25) is 0 Å². The molecule has 0 aromatic rings. The highest BCUT2D eigenvalue weighted by atomic mass is 79.9. The monoisotopic (exact) mass is 1680 g/mol. The SMILES string of the molecule is C=C=N.CC(C)(C)OC(=O)CCN1CCNCCN(CC(=O)OC(C)(C)C)CCNCC1.CCOC(=O)CBr.CCOC(=O)CN1CCN(CCC(=O)O)CCN(CC(=O)OCC)CCN(CC(=O)O)CC1.CCOC(=O)CN1CCN(CCC(=O)OC(C)(C)C)CCN(CC(=O)OCC)CCN(CC(=O)OC(C)(C)C)CC1. The molecule has 0 bridgehead atoms. The van der Waals surface area contributed by atoms with Crippen LogP contribution < -0.4 is 10.6 Å². The van der Waals surface area contributed by atoms with E-state index in [2.05, 4.69) is 52.6 Å². The molecule has 5 N–H and O–H groups in total. The van der Waals surface area contributed by atoms with Gasteiger partial charge in [-0.05, 0) is 130 Å². The number of halogens is 1. The average Bonchev–Trinajstić information content (AvgIpc) is 0.863. The molecule has 3 heterocycles. The lowest BCUT2D eigenvalue weighted by Gasteiger charge is -2.34. The lowest BCUT2D eigenvalue weighted by atomic mass is 10.2. The molecular weight excluding hydrogens is 1540 g/mol. The molecule has 0 aromatic carbocycles. The van der Waals surface area contributed by atoms with E-state index in [1.165, 1.54) is 0 Å². The number of ether oxygens (including phenoxy) is 9. The van der Waals surface area contributed by atoms with Crippen molar-refractivity contribution in [1.29, 1.82) is 5.41 Å². The zero-order valence-corrected chi connectivity index (χ0v) is 73.1. The number of carbonyl (C=O) groups is 11. The molecule has 0 aromatic heterocycles. The van der Waals surface area contributed by atoms with Crippen LogP contribution >= 0.6 is 15.9 Å². The van der Waals surface area contributed by atoms with Crippen LogP contribution in [0, 0.1) is 5.41 Å². The van der Waals surface area contributed by atoms with Gasteiger partial charge in [-0.3, -0.25) is 92.4 Å². The van der Waals surface area contributed by atoms with E-state index < -0.39 is 34.3 Å². The summed E-state index contributed by atoms with van der Waals surface area (Å²) in [4.78, 5) is 151. The molecular formula is C77H144BrN13O22. The van der Waals surface area contributed by atoms with Crippen molar-refractivity contribution in [1.82, 2.24) is 59.6 Å². The number of nitrogens with zero attached hydrogens (tertiary/aromatic N) is 10. The van der Waals surface area contributed by atoms with E-state index in [-0.39, 0.29) is 119 Å². The van der Waals surface area contributed by atoms with Crippen molar-refractivity contribution in [3.8, 4) is 0 Å². The van der Waals surface area contributed by atoms with Crippen LogP contribution in [0.1, 0.15) is 137 Å². The van der Waals surface area contributed by atoms with Crippen LogP contribution in [0.3, 0.4) is 0 Å². The molecule has 36 heteroatoms. The number of hydrogen-bond acceptors (Lipinski definition) is 33. The average molecular weight is 1680 g/mol. The lowest BCUT2D eigenvalue weighted by molar-refractivity contribution is -0.157. The molecule has 3 fully saturated rings. The highest BCUT2D eigenvalue weighted by Crippen LogP contribution is 2.14. The van der Waals surface area contributed by atoms with E-state index in [0.717, 1.165) is 52.4 Å². The largest absolute Gasteiger partial charge is 0.481 e. The fraction of sp³-hybridized carbons (Fsp3) is 0.831. The van der Waals surface area contributed by atoms with E-state index in [1.807, 2.05) is 112 Å². The Kier molecular flexibility index (Phi) is 60.4. The molecule has 656 valence electrons. The maximum absolute atomic E-state index is 12.7. The van der Waals surface area contributed by atoms with Gasteiger partial charge in [-0.1, -0.05) is 15.9 Å². The van der Waals surface area contributed by atoms with Gasteiger partial charge in [0.15, 0.2) is 0 Å². The van der Waals surface area contributed by atoms with Gasteiger partial charge >= 0.3 is 65.7 Å². The van der Waals surface area contributed by atoms with Gasteiger partial charge in [0.1, 0.15) is 27.7 Å². The number of nitrogens with one attached hydrogen (secondary N) is 3. The highest BCUT2D eigenvalue weighted by Gasteiger charge is 2.28. The Bertz CT molecular complexity index is 2660. The van der Waals surface area contributed by atoms with Crippen LogP contribution in [0.25, 0.3) is 0 Å². The molecule has 35 nitrogen and oxygen atoms in total. The Hall–Kier alpha value is -6.38. The summed E-state index contributed by atoms with van der Waals surface area (Å²) in [7, 11) is 0. The van der Waals surface area contributed by atoms with Gasteiger partial charge < -0.3 is 78.2 Å². The number of esters is 9. The third-order valence-electron chi connectivity index (χ3n) is 16.0. The standard InChI is InChI=1S/C29H54N4O8.C21H38N4O8.C21H42N4O4.C4H7BrO2.C2H3N/c1-9-38-25(35)21-31-15-13-30(12-11-24(34)40-28(3,4)5)14-16-32(22-26(36)39-10-2)18-20-33(19-17-31)23-27(37)41-29(6,7)8;1-3-32-20(30)16-24-9-7-22(6-5-18(26)27)8-10-25(17-21(31)33-4-2)14-12-23(11-13-24)15-19(28)29;1-20(2,3)28-18(26)7-12-24-13-8-22-10-15-25(16-11-23-9-14-24)17-19(27)29-21(4,5)6;1-2-7-4(6)3-5;1-2-3/h9-23H2,1-8H3;3-17H2,1-2H3,(H,26,27)(H,28,29);22-23H,7-17H2,1-6H3;2-3H2,1H3;3H,1H2. The normalized spacial score (nSPS) is 17.2. The van der Waals surface area contributed by atoms with Crippen molar-refractivity contribution in [3.05, 3.63) is 6.58 Å². The first-order valence-corrected chi connectivity index (χ1v) is 40.6. The highest BCUT2D eigenvalue weighted by molar-refractivity contribution is 9.09. The predicted octanol–water partition coefficient (Wildman–Crippen LogP) is 2.52. The minimum absolute atomic E-state index is 0.0118. The van der Waals surface area contributed by atoms with Crippen molar-refractivity contribution in [2.24, 2.45) is 0 Å². The van der Waals surface area contributed by atoms with E-state index in [0.29, 0.717) is 162 Å².